The van der Waals surface area contributed by atoms with Crippen LogP contribution in [0.25, 0.3) is 0 Å². The van der Waals surface area contributed by atoms with Crippen LogP contribution in [-0.4, -0.2) is 33.2 Å². The van der Waals surface area contributed by atoms with Crippen LogP contribution < -0.4 is 5.32 Å². The van der Waals surface area contributed by atoms with Gasteiger partial charge in [-0.25, -0.2) is 4.98 Å². The van der Waals surface area contributed by atoms with E-state index in [1.807, 2.05) is 0 Å². The van der Waals surface area contributed by atoms with Gasteiger partial charge in [0.15, 0.2) is 10.9 Å². The number of hydrogen-bond donors (Lipinski definition) is 1. The SMILES string of the molecule is O=C(Nc1nc2c(s1)CN(C(=O)c1ccncc1)CC2)c1ccco1. The number of carbonyl (C=O) groups excluding carboxylic acids is 2. The van der Waals surface area contributed by atoms with Gasteiger partial charge in [0.25, 0.3) is 11.8 Å². The third kappa shape index (κ3) is 3.16. The first-order chi connectivity index (χ1) is 12.2. The number of carbonyl (C=O) groups is 2. The van der Waals surface area contributed by atoms with Crippen LogP contribution in [0.15, 0.2) is 47.3 Å². The second-order valence-electron chi connectivity index (χ2n) is 5.53. The summed E-state index contributed by atoms with van der Waals surface area (Å²) in [6.07, 6.45) is 5.33. The van der Waals surface area contributed by atoms with Crippen molar-refractivity contribution in [2.45, 2.75) is 13.0 Å². The van der Waals surface area contributed by atoms with Crippen LogP contribution >= 0.6 is 11.3 Å². The predicted octanol–water partition coefficient (Wildman–Crippen LogP) is 2.58. The van der Waals surface area contributed by atoms with Crippen molar-refractivity contribution in [3.8, 4) is 0 Å². The van der Waals surface area contributed by atoms with E-state index in [2.05, 4.69) is 15.3 Å². The number of rotatable bonds is 3. The van der Waals surface area contributed by atoms with Crippen molar-refractivity contribution in [1.29, 1.82) is 0 Å². The molecule has 0 spiro atoms. The van der Waals surface area contributed by atoms with Crippen molar-refractivity contribution in [1.82, 2.24) is 14.9 Å². The average molecular weight is 354 g/mol. The molecule has 126 valence electrons. The van der Waals surface area contributed by atoms with Crippen LogP contribution in [0.1, 0.15) is 31.5 Å². The van der Waals surface area contributed by atoms with Crippen molar-refractivity contribution in [3.05, 3.63) is 64.8 Å². The van der Waals surface area contributed by atoms with Crippen LogP contribution in [0.5, 0.6) is 0 Å². The third-order valence-corrected chi connectivity index (χ3v) is 4.91. The van der Waals surface area contributed by atoms with E-state index in [1.54, 1.807) is 41.6 Å². The molecule has 0 saturated carbocycles. The zero-order valence-electron chi connectivity index (χ0n) is 13.1. The maximum atomic E-state index is 12.5. The van der Waals surface area contributed by atoms with Gasteiger partial charge in [0, 0.05) is 35.8 Å². The number of anilines is 1. The first-order valence-corrected chi connectivity index (χ1v) is 8.55. The maximum absolute atomic E-state index is 12.5. The molecule has 0 aliphatic carbocycles. The molecule has 3 aromatic rings. The van der Waals surface area contributed by atoms with Gasteiger partial charge in [0.2, 0.25) is 0 Å². The Kier molecular flexibility index (Phi) is 4.02. The molecular weight excluding hydrogens is 340 g/mol. The van der Waals surface area contributed by atoms with Crippen LogP contribution in [0.2, 0.25) is 0 Å². The molecule has 25 heavy (non-hydrogen) atoms. The number of thiazole rings is 1. The monoisotopic (exact) mass is 354 g/mol. The molecule has 3 aromatic heterocycles. The van der Waals surface area contributed by atoms with Gasteiger partial charge in [-0.1, -0.05) is 11.3 Å². The Morgan fingerprint density at radius 2 is 2.08 bits per heavy atom. The van der Waals surface area contributed by atoms with Gasteiger partial charge in [-0.15, -0.1) is 0 Å². The lowest BCUT2D eigenvalue weighted by molar-refractivity contribution is 0.0736. The van der Waals surface area contributed by atoms with Crippen molar-refractivity contribution < 1.29 is 14.0 Å². The number of amides is 2. The number of pyridine rings is 1. The fourth-order valence-electron chi connectivity index (χ4n) is 2.67. The van der Waals surface area contributed by atoms with Crippen molar-refractivity contribution in [2.75, 3.05) is 11.9 Å². The third-order valence-electron chi connectivity index (χ3n) is 3.91. The second-order valence-corrected chi connectivity index (χ2v) is 6.62. The Bertz CT molecular complexity index is 905. The zero-order valence-corrected chi connectivity index (χ0v) is 14.0. The van der Waals surface area contributed by atoms with E-state index in [0.717, 1.165) is 10.6 Å². The normalized spacial score (nSPS) is 13.4. The summed E-state index contributed by atoms with van der Waals surface area (Å²) in [7, 11) is 0. The molecule has 0 radical (unpaired) electrons. The molecule has 1 aliphatic rings. The Morgan fingerprint density at radius 1 is 1.24 bits per heavy atom. The van der Waals surface area contributed by atoms with Gasteiger partial charge in [-0.2, -0.15) is 0 Å². The van der Waals surface area contributed by atoms with Crippen LogP contribution in [0.3, 0.4) is 0 Å². The van der Waals surface area contributed by atoms with E-state index in [1.165, 1.54) is 17.6 Å². The summed E-state index contributed by atoms with van der Waals surface area (Å²) < 4.78 is 5.07. The minimum absolute atomic E-state index is 0.0254. The van der Waals surface area contributed by atoms with Crippen LogP contribution in [0.4, 0.5) is 5.13 Å². The standard InChI is InChI=1S/C17H14N4O3S/c22-15(13-2-1-9-24-13)20-17-19-12-5-8-21(10-14(12)25-17)16(23)11-3-6-18-7-4-11/h1-4,6-7,9H,5,8,10H2,(H,19,20,22). The molecule has 1 aliphatic heterocycles. The summed E-state index contributed by atoms with van der Waals surface area (Å²) >= 11 is 1.39. The summed E-state index contributed by atoms with van der Waals surface area (Å²) in [4.78, 5) is 35.8. The summed E-state index contributed by atoms with van der Waals surface area (Å²) in [5.41, 5.74) is 1.55. The molecule has 0 aromatic carbocycles. The van der Waals surface area contributed by atoms with E-state index in [4.69, 9.17) is 4.42 Å². The highest BCUT2D eigenvalue weighted by molar-refractivity contribution is 7.15. The number of furan rings is 1. The molecule has 7 nitrogen and oxygen atoms in total. The van der Waals surface area contributed by atoms with Crippen molar-refractivity contribution in [3.63, 3.8) is 0 Å². The van der Waals surface area contributed by atoms with Gasteiger partial charge < -0.3 is 9.32 Å². The van der Waals surface area contributed by atoms with Gasteiger partial charge in [0.1, 0.15) is 0 Å². The number of nitrogens with zero attached hydrogens (tertiary/aromatic N) is 3. The largest absolute Gasteiger partial charge is 0.459 e. The summed E-state index contributed by atoms with van der Waals surface area (Å²) in [6, 6.07) is 6.67. The zero-order chi connectivity index (χ0) is 17.2. The molecule has 0 fully saturated rings. The number of fused-ring (bicyclic) bond motifs is 1. The molecule has 8 heteroatoms. The van der Waals surface area contributed by atoms with E-state index in [9.17, 15) is 9.59 Å². The highest BCUT2D eigenvalue weighted by Crippen LogP contribution is 2.29. The topological polar surface area (TPSA) is 88.3 Å². The van der Waals surface area contributed by atoms with Gasteiger partial charge in [0.05, 0.1) is 18.5 Å². The molecule has 1 N–H and O–H groups in total. The first kappa shape index (κ1) is 15.5. The van der Waals surface area contributed by atoms with Gasteiger partial charge in [-0.05, 0) is 24.3 Å². The lowest BCUT2D eigenvalue weighted by atomic mass is 10.1. The van der Waals surface area contributed by atoms with Crippen molar-refractivity contribution >= 4 is 28.3 Å². The van der Waals surface area contributed by atoms with Crippen molar-refractivity contribution in [2.24, 2.45) is 0 Å². The Hall–Kier alpha value is -3.00. The highest BCUT2D eigenvalue weighted by atomic mass is 32.1. The minimum Gasteiger partial charge on any atom is -0.459 e. The minimum atomic E-state index is -0.333. The smallest absolute Gasteiger partial charge is 0.293 e. The summed E-state index contributed by atoms with van der Waals surface area (Å²) in [5.74, 6) is -0.119. The molecule has 0 atom stereocenters. The van der Waals surface area contributed by atoms with Gasteiger partial charge in [-0.3, -0.25) is 19.9 Å². The number of hydrogen-bond acceptors (Lipinski definition) is 6. The second kappa shape index (κ2) is 6.48. The van der Waals surface area contributed by atoms with Crippen LogP contribution in [0, 0.1) is 0 Å². The fraction of sp³-hybridized carbons (Fsp3) is 0.176. The van der Waals surface area contributed by atoms with E-state index >= 15 is 0 Å². The number of aromatic nitrogens is 2. The van der Waals surface area contributed by atoms with E-state index in [0.29, 0.717) is 30.2 Å². The first-order valence-electron chi connectivity index (χ1n) is 7.73. The molecule has 0 saturated heterocycles. The lowest BCUT2D eigenvalue weighted by Crippen LogP contribution is -2.35. The molecule has 0 bridgehead atoms. The van der Waals surface area contributed by atoms with Crippen LogP contribution in [-0.2, 0) is 13.0 Å². The molecule has 2 amide bonds. The Balaban J connectivity index is 1.48. The molecule has 0 unspecified atom stereocenters. The molecular formula is C17H14N4O3S. The number of nitrogens with one attached hydrogen (secondary N) is 1. The average Bonchev–Trinajstić information content (AvgIpc) is 3.30. The van der Waals surface area contributed by atoms with E-state index in [-0.39, 0.29) is 17.6 Å². The molecule has 4 heterocycles. The Labute approximate surface area is 147 Å². The quantitative estimate of drug-likeness (QED) is 0.781. The maximum Gasteiger partial charge on any atom is 0.293 e. The predicted molar refractivity (Wildman–Crippen MR) is 91.5 cm³/mol. The fourth-order valence-corrected chi connectivity index (χ4v) is 3.68. The Morgan fingerprint density at radius 3 is 2.84 bits per heavy atom. The van der Waals surface area contributed by atoms with Gasteiger partial charge >= 0.3 is 0 Å². The highest BCUT2D eigenvalue weighted by Gasteiger charge is 2.25. The summed E-state index contributed by atoms with van der Waals surface area (Å²) in [5, 5.41) is 3.26. The summed E-state index contributed by atoms with van der Waals surface area (Å²) in [6.45, 7) is 1.09. The van der Waals surface area contributed by atoms with E-state index < -0.39 is 0 Å². The molecule has 4 rings (SSSR count). The lowest BCUT2D eigenvalue weighted by Gasteiger charge is -2.26.